The molecule has 4 rings (SSSR count). The first-order valence-electron chi connectivity index (χ1n) is 11.3. The zero-order valence-corrected chi connectivity index (χ0v) is 18.8. The number of ether oxygens (including phenoxy) is 2. The molecule has 1 atom stereocenters. The summed E-state index contributed by atoms with van der Waals surface area (Å²) in [7, 11) is 0. The largest absolute Gasteiger partial charge is 0.486 e. The van der Waals surface area contributed by atoms with Crippen LogP contribution in [0.2, 0.25) is 0 Å². The Hall–Kier alpha value is -3.22. The van der Waals surface area contributed by atoms with Crippen molar-refractivity contribution in [3.05, 3.63) is 53.6 Å². The fourth-order valence-corrected chi connectivity index (χ4v) is 4.36. The molecular weight excluding hydrogens is 406 g/mol. The number of nitrogens with zero attached hydrogens (tertiary/aromatic N) is 2. The van der Waals surface area contributed by atoms with Crippen molar-refractivity contribution in [1.82, 2.24) is 9.80 Å². The number of anilines is 1. The summed E-state index contributed by atoms with van der Waals surface area (Å²) in [6, 6.07) is 13.4. The van der Waals surface area contributed by atoms with E-state index >= 15 is 0 Å². The Labute approximate surface area is 189 Å². The highest BCUT2D eigenvalue weighted by molar-refractivity contribution is 5.90. The van der Waals surface area contributed by atoms with E-state index in [2.05, 4.69) is 5.32 Å². The van der Waals surface area contributed by atoms with E-state index in [1.165, 1.54) is 0 Å². The third kappa shape index (κ3) is 4.98. The van der Waals surface area contributed by atoms with Gasteiger partial charge in [0.25, 0.3) is 0 Å². The summed E-state index contributed by atoms with van der Waals surface area (Å²) in [6.07, 6.45) is 1.60. The maximum Gasteiger partial charge on any atom is 0.321 e. The Morgan fingerprint density at radius 3 is 2.78 bits per heavy atom. The summed E-state index contributed by atoms with van der Waals surface area (Å²) in [4.78, 5) is 29.8. The van der Waals surface area contributed by atoms with E-state index in [4.69, 9.17) is 9.47 Å². The van der Waals surface area contributed by atoms with Gasteiger partial charge in [0, 0.05) is 37.4 Å². The van der Waals surface area contributed by atoms with Gasteiger partial charge >= 0.3 is 6.03 Å². The molecule has 2 aromatic carbocycles. The predicted octanol–water partition coefficient (Wildman–Crippen LogP) is 4.06. The summed E-state index contributed by atoms with van der Waals surface area (Å²) >= 11 is 0. The second kappa shape index (κ2) is 9.94. The minimum atomic E-state index is -0.205. The number of carbonyl (C=O) groups is 2. The molecule has 32 heavy (non-hydrogen) atoms. The highest BCUT2D eigenvalue weighted by Crippen LogP contribution is 2.34. The maximum absolute atomic E-state index is 13.4. The number of likely N-dealkylation sites (tertiary alicyclic amines) is 1. The third-order valence-electron chi connectivity index (χ3n) is 6.03. The number of rotatable bonds is 5. The Bertz CT molecular complexity index is 977. The van der Waals surface area contributed by atoms with Crippen molar-refractivity contribution in [2.45, 2.75) is 33.2 Å². The highest BCUT2D eigenvalue weighted by Gasteiger charge is 2.31. The van der Waals surface area contributed by atoms with Gasteiger partial charge in [-0.3, -0.25) is 4.79 Å². The number of hydrogen-bond acceptors (Lipinski definition) is 4. The first kappa shape index (κ1) is 22.0. The lowest BCUT2D eigenvalue weighted by molar-refractivity contribution is -0.137. The second-order valence-electron chi connectivity index (χ2n) is 8.38. The van der Waals surface area contributed by atoms with E-state index in [1.807, 2.05) is 61.2 Å². The number of urea groups is 1. The second-order valence-corrected chi connectivity index (χ2v) is 8.38. The van der Waals surface area contributed by atoms with Gasteiger partial charge in [0.2, 0.25) is 5.91 Å². The van der Waals surface area contributed by atoms with Crippen LogP contribution in [0.1, 0.15) is 30.9 Å². The number of para-hydroxylation sites is 1. The van der Waals surface area contributed by atoms with Crippen LogP contribution in [-0.4, -0.2) is 54.6 Å². The van der Waals surface area contributed by atoms with Crippen LogP contribution in [0.3, 0.4) is 0 Å². The van der Waals surface area contributed by atoms with Gasteiger partial charge in [-0.15, -0.1) is 0 Å². The lowest BCUT2D eigenvalue weighted by atomic mass is 9.96. The van der Waals surface area contributed by atoms with E-state index in [1.54, 1.807) is 4.90 Å². The van der Waals surface area contributed by atoms with E-state index in [0.29, 0.717) is 39.4 Å². The van der Waals surface area contributed by atoms with Gasteiger partial charge in [0.05, 0.1) is 5.92 Å². The van der Waals surface area contributed by atoms with E-state index < -0.39 is 0 Å². The normalized spacial score (nSPS) is 17.6. The molecule has 1 fully saturated rings. The SMILES string of the molecule is CCN(Cc1cccc2c1OCCO2)C(=O)C1CCCN(C(=O)Nc2cccc(C)c2)C1. The summed E-state index contributed by atoms with van der Waals surface area (Å²) in [5, 5.41) is 2.96. The third-order valence-corrected chi connectivity index (χ3v) is 6.03. The van der Waals surface area contributed by atoms with Crippen LogP contribution in [0.15, 0.2) is 42.5 Å². The molecule has 2 aliphatic heterocycles. The molecular formula is C25H31N3O4. The van der Waals surface area contributed by atoms with Gasteiger partial charge in [-0.2, -0.15) is 0 Å². The van der Waals surface area contributed by atoms with Crippen molar-refractivity contribution in [2.24, 2.45) is 5.92 Å². The van der Waals surface area contributed by atoms with Gasteiger partial charge in [-0.25, -0.2) is 4.79 Å². The Morgan fingerprint density at radius 1 is 1.16 bits per heavy atom. The van der Waals surface area contributed by atoms with Crippen molar-refractivity contribution in [3.63, 3.8) is 0 Å². The van der Waals surface area contributed by atoms with Crippen LogP contribution >= 0.6 is 0 Å². The Balaban J connectivity index is 1.41. The van der Waals surface area contributed by atoms with Gasteiger partial charge in [0.1, 0.15) is 13.2 Å². The molecule has 0 aromatic heterocycles. The molecule has 0 saturated carbocycles. The molecule has 7 heteroatoms. The average molecular weight is 438 g/mol. The number of amides is 3. The molecule has 7 nitrogen and oxygen atoms in total. The first-order valence-corrected chi connectivity index (χ1v) is 11.3. The summed E-state index contributed by atoms with van der Waals surface area (Å²) in [5.41, 5.74) is 2.81. The number of piperidine rings is 1. The van der Waals surface area contributed by atoms with Crippen LogP contribution in [0.5, 0.6) is 11.5 Å². The smallest absolute Gasteiger partial charge is 0.321 e. The minimum absolute atomic E-state index is 0.0786. The molecule has 170 valence electrons. The van der Waals surface area contributed by atoms with Crippen LogP contribution in [0.4, 0.5) is 10.5 Å². The predicted molar refractivity (Wildman–Crippen MR) is 123 cm³/mol. The van der Waals surface area contributed by atoms with Crippen molar-refractivity contribution >= 4 is 17.6 Å². The quantitative estimate of drug-likeness (QED) is 0.766. The molecule has 2 heterocycles. The molecule has 0 radical (unpaired) electrons. The van der Waals surface area contributed by atoms with Crippen molar-refractivity contribution < 1.29 is 19.1 Å². The topological polar surface area (TPSA) is 71.1 Å². The fraction of sp³-hybridized carbons (Fsp3) is 0.440. The molecule has 1 unspecified atom stereocenters. The first-order chi connectivity index (χ1) is 15.5. The monoisotopic (exact) mass is 437 g/mol. The standard InChI is InChI=1S/C25H31N3O4/c1-3-27(16-19-8-5-11-22-23(19)32-14-13-31-22)24(29)20-9-6-12-28(17-20)25(30)26-21-10-4-7-18(2)15-21/h4-5,7-8,10-11,15,20H,3,6,9,12-14,16-17H2,1-2H3,(H,26,30). The van der Waals surface area contributed by atoms with E-state index in [0.717, 1.165) is 41.2 Å². The Morgan fingerprint density at radius 2 is 1.97 bits per heavy atom. The van der Waals surface area contributed by atoms with Gasteiger partial charge in [-0.1, -0.05) is 24.3 Å². The van der Waals surface area contributed by atoms with Gasteiger partial charge in [-0.05, 0) is 50.5 Å². The van der Waals surface area contributed by atoms with Crippen molar-refractivity contribution in [2.75, 3.05) is 38.2 Å². The average Bonchev–Trinajstić information content (AvgIpc) is 2.82. The van der Waals surface area contributed by atoms with E-state index in [-0.39, 0.29) is 17.9 Å². The van der Waals surface area contributed by atoms with Crippen LogP contribution < -0.4 is 14.8 Å². The van der Waals surface area contributed by atoms with Crippen molar-refractivity contribution in [3.8, 4) is 11.5 Å². The lowest BCUT2D eigenvalue weighted by Gasteiger charge is -2.35. The molecule has 2 aliphatic rings. The molecule has 1 N–H and O–H groups in total. The number of carbonyl (C=O) groups excluding carboxylic acids is 2. The maximum atomic E-state index is 13.4. The Kier molecular flexibility index (Phi) is 6.83. The molecule has 3 amide bonds. The highest BCUT2D eigenvalue weighted by atomic mass is 16.6. The number of nitrogens with one attached hydrogen (secondary N) is 1. The number of aryl methyl sites for hydroxylation is 1. The number of fused-ring (bicyclic) bond motifs is 1. The summed E-state index contributed by atoms with van der Waals surface area (Å²) in [6.45, 7) is 7.17. The molecule has 0 bridgehead atoms. The van der Waals surface area contributed by atoms with Gasteiger partial charge in [0.15, 0.2) is 11.5 Å². The van der Waals surface area contributed by atoms with Crippen LogP contribution in [0, 0.1) is 12.8 Å². The molecule has 0 spiro atoms. The summed E-state index contributed by atoms with van der Waals surface area (Å²) in [5.74, 6) is 1.33. The van der Waals surface area contributed by atoms with Crippen molar-refractivity contribution in [1.29, 1.82) is 0 Å². The zero-order chi connectivity index (χ0) is 22.5. The molecule has 2 aromatic rings. The molecule has 0 aliphatic carbocycles. The van der Waals surface area contributed by atoms with Crippen LogP contribution in [0.25, 0.3) is 0 Å². The number of benzene rings is 2. The minimum Gasteiger partial charge on any atom is -0.486 e. The van der Waals surface area contributed by atoms with E-state index in [9.17, 15) is 9.59 Å². The lowest BCUT2D eigenvalue weighted by Crippen LogP contribution is -2.47. The van der Waals surface area contributed by atoms with Crippen LogP contribution in [-0.2, 0) is 11.3 Å². The number of hydrogen-bond donors (Lipinski definition) is 1. The fourth-order valence-electron chi connectivity index (χ4n) is 4.36. The zero-order valence-electron chi connectivity index (χ0n) is 18.8. The van der Waals surface area contributed by atoms with Gasteiger partial charge < -0.3 is 24.6 Å². The molecule has 1 saturated heterocycles. The summed E-state index contributed by atoms with van der Waals surface area (Å²) < 4.78 is 11.5.